The molecule has 0 saturated heterocycles. The summed E-state index contributed by atoms with van der Waals surface area (Å²) in [4.78, 5) is 11.6. The highest BCUT2D eigenvalue weighted by molar-refractivity contribution is 5.35. The van der Waals surface area contributed by atoms with Crippen molar-refractivity contribution in [1.29, 1.82) is 0 Å². The fraction of sp³-hybridized carbons (Fsp3) is 0.750. The number of nitrogens with one attached hydrogen (secondary N) is 1. The summed E-state index contributed by atoms with van der Waals surface area (Å²) in [5, 5.41) is 12.4. The maximum Gasteiger partial charge on any atom is 0.144 e. The molecular formula is C16H28N4O. The Balaban J connectivity index is 2.02. The number of aryl methyl sites for hydroxylation is 1. The summed E-state index contributed by atoms with van der Waals surface area (Å²) in [6, 6.07) is 2.65. The molecule has 0 aromatic carbocycles. The van der Waals surface area contributed by atoms with Crippen LogP contribution < -0.4 is 5.32 Å². The minimum absolute atomic E-state index is 0.251. The van der Waals surface area contributed by atoms with E-state index in [-0.39, 0.29) is 6.61 Å². The fourth-order valence-corrected chi connectivity index (χ4v) is 2.64. The molecule has 1 fully saturated rings. The second-order valence-electron chi connectivity index (χ2n) is 5.87. The van der Waals surface area contributed by atoms with Crippen molar-refractivity contribution in [3.05, 3.63) is 17.6 Å². The molecule has 0 radical (unpaired) electrons. The molecule has 1 aromatic rings. The van der Waals surface area contributed by atoms with Gasteiger partial charge in [0.15, 0.2) is 0 Å². The van der Waals surface area contributed by atoms with E-state index in [0.717, 1.165) is 49.8 Å². The van der Waals surface area contributed by atoms with Crippen LogP contribution in [0.1, 0.15) is 50.5 Å². The van der Waals surface area contributed by atoms with Crippen LogP contribution in [0.2, 0.25) is 0 Å². The molecule has 21 heavy (non-hydrogen) atoms. The first-order valence-corrected chi connectivity index (χ1v) is 8.16. The highest BCUT2D eigenvalue weighted by Crippen LogP contribution is 2.26. The van der Waals surface area contributed by atoms with E-state index in [1.165, 1.54) is 19.3 Å². The van der Waals surface area contributed by atoms with Gasteiger partial charge in [-0.2, -0.15) is 0 Å². The van der Waals surface area contributed by atoms with Crippen molar-refractivity contribution in [2.45, 2.75) is 58.5 Å². The Morgan fingerprint density at radius 1 is 1.38 bits per heavy atom. The van der Waals surface area contributed by atoms with Gasteiger partial charge in [-0.3, -0.25) is 4.90 Å². The lowest BCUT2D eigenvalue weighted by Crippen LogP contribution is -2.40. The van der Waals surface area contributed by atoms with Crippen LogP contribution in [-0.4, -0.2) is 45.7 Å². The molecule has 0 aliphatic heterocycles. The topological polar surface area (TPSA) is 61.3 Å². The van der Waals surface area contributed by atoms with Gasteiger partial charge in [-0.25, -0.2) is 9.97 Å². The van der Waals surface area contributed by atoms with Gasteiger partial charge in [-0.15, -0.1) is 0 Å². The maximum atomic E-state index is 9.07. The Labute approximate surface area is 127 Å². The average Bonchev–Trinajstić information content (AvgIpc) is 2.40. The molecule has 1 saturated carbocycles. The molecule has 1 heterocycles. The number of nitrogens with zero attached hydrogens (tertiary/aromatic N) is 3. The fourth-order valence-electron chi connectivity index (χ4n) is 2.64. The van der Waals surface area contributed by atoms with E-state index < -0.39 is 0 Å². The second-order valence-corrected chi connectivity index (χ2v) is 5.87. The Bertz CT molecular complexity index is 434. The van der Waals surface area contributed by atoms with Crippen LogP contribution in [0.4, 0.5) is 5.82 Å². The van der Waals surface area contributed by atoms with Crippen molar-refractivity contribution in [2.24, 2.45) is 0 Å². The summed E-state index contributed by atoms with van der Waals surface area (Å²) in [6.07, 6.45) is 5.75. The lowest BCUT2D eigenvalue weighted by Gasteiger charge is -2.37. The third-order valence-electron chi connectivity index (χ3n) is 4.00. The van der Waals surface area contributed by atoms with Gasteiger partial charge in [0.25, 0.3) is 0 Å². The van der Waals surface area contributed by atoms with Gasteiger partial charge in [0.2, 0.25) is 0 Å². The van der Waals surface area contributed by atoms with Crippen molar-refractivity contribution in [1.82, 2.24) is 14.9 Å². The molecule has 5 heteroatoms. The molecule has 118 valence electrons. The molecule has 0 amide bonds. The van der Waals surface area contributed by atoms with Crippen LogP contribution in [0.3, 0.4) is 0 Å². The highest BCUT2D eigenvalue weighted by atomic mass is 16.3. The first kappa shape index (κ1) is 16.2. The van der Waals surface area contributed by atoms with Gasteiger partial charge >= 0.3 is 0 Å². The first-order chi connectivity index (χ1) is 10.2. The molecule has 2 rings (SSSR count). The molecule has 5 nitrogen and oxygen atoms in total. The molecule has 0 atom stereocenters. The molecule has 0 spiro atoms. The monoisotopic (exact) mass is 292 g/mol. The van der Waals surface area contributed by atoms with Gasteiger partial charge in [0.05, 0.1) is 6.54 Å². The van der Waals surface area contributed by atoms with Crippen molar-refractivity contribution in [2.75, 3.05) is 25.0 Å². The molecule has 1 aromatic heterocycles. The number of aliphatic hydroxyl groups is 1. The van der Waals surface area contributed by atoms with E-state index in [4.69, 9.17) is 5.11 Å². The van der Waals surface area contributed by atoms with Crippen LogP contribution in [0.25, 0.3) is 0 Å². The molecule has 1 aliphatic rings. The van der Waals surface area contributed by atoms with E-state index in [1.54, 1.807) is 0 Å². The van der Waals surface area contributed by atoms with Crippen LogP contribution in [0.5, 0.6) is 0 Å². The van der Waals surface area contributed by atoms with E-state index in [9.17, 15) is 0 Å². The van der Waals surface area contributed by atoms with Gasteiger partial charge in [0.1, 0.15) is 11.6 Å². The lowest BCUT2D eigenvalue weighted by atomic mass is 9.91. The van der Waals surface area contributed by atoms with E-state index in [0.29, 0.717) is 6.04 Å². The van der Waals surface area contributed by atoms with Crippen LogP contribution in [-0.2, 0) is 6.54 Å². The number of rotatable bonds is 9. The number of hydrogen-bond acceptors (Lipinski definition) is 5. The van der Waals surface area contributed by atoms with Gasteiger partial charge in [0, 0.05) is 37.5 Å². The minimum Gasteiger partial charge on any atom is -0.396 e. The van der Waals surface area contributed by atoms with Crippen molar-refractivity contribution >= 4 is 5.82 Å². The van der Waals surface area contributed by atoms with Crippen molar-refractivity contribution < 1.29 is 5.11 Å². The van der Waals surface area contributed by atoms with E-state index in [2.05, 4.69) is 27.1 Å². The standard InChI is InChI=1S/C16H28N4O/c1-3-8-17-15-11-13(2)18-16(19-15)12-20(9-5-10-21)14-6-4-7-14/h11,14,21H,3-10,12H2,1-2H3,(H,17,18,19). The summed E-state index contributed by atoms with van der Waals surface area (Å²) in [6.45, 7) is 7.07. The zero-order valence-electron chi connectivity index (χ0n) is 13.3. The minimum atomic E-state index is 0.251. The van der Waals surface area contributed by atoms with Crippen LogP contribution in [0.15, 0.2) is 6.07 Å². The third-order valence-corrected chi connectivity index (χ3v) is 4.00. The third kappa shape index (κ3) is 4.93. The van der Waals surface area contributed by atoms with Crippen molar-refractivity contribution in [3.63, 3.8) is 0 Å². The molecule has 0 bridgehead atoms. The van der Waals surface area contributed by atoms with Crippen LogP contribution >= 0.6 is 0 Å². The van der Waals surface area contributed by atoms with Gasteiger partial charge in [-0.05, 0) is 32.6 Å². The summed E-state index contributed by atoms with van der Waals surface area (Å²) in [7, 11) is 0. The predicted octanol–water partition coefficient (Wildman–Crippen LogP) is 2.34. The first-order valence-electron chi connectivity index (χ1n) is 8.16. The number of aromatic nitrogens is 2. The zero-order valence-corrected chi connectivity index (χ0v) is 13.3. The van der Waals surface area contributed by atoms with Crippen LogP contribution in [0, 0.1) is 6.92 Å². The number of aliphatic hydroxyl groups excluding tert-OH is 1. The van der Waals surface area contributed by atoms with Gasteiger partial charge in [-0.1, -0.05) is 13.3 Å². The molecule has 2 N–H and O–H groups in total. The second kappa shape index (κ2) is 8.29. The Morgan fingerprint density at radius 2 is 2.19 bits per heavy atom. The van der Waals surface area contributed by atoms with Crippen molar-refractivity contribution in [3.8, 4) is 0 Å². The lowest BCUT2D eigenvalue weighted by molar-refractivity contribution is 0.106. The number of anilines is 1. The predicted molar refractivity (Wildman–Crippen MR) is 85.3 cm³/mol. The summed E-state index contributed by atoms with van der Waals surface area (Å²) in [5.41, 5.74) is 1.01. The summed E-state index contributed by atoms with van der Waals surface area (Å²) >= 11 is 0. The quantitative estimate of drug-likeness (QED) is 0.731. The maximum absolute atomic E-state index is 9.07. The highest BCUT2D eigenvalue weighted by Gasteiger charge is 2.25. The normalized spacial score (nSPS) is 15.2. The SMILES string of the molecule is CCCNc1cc(C)nc(CN(CCCO)C2CCC2)n1. The zero-order chi connectivity index (χ0) is 15.1. The van der Waals surface area contributed by atoms with Gasteiger partial charge < -0.3 is 10.4 Å². The average molecular weight is 292 g/mol. The largest absolute Gasteiger partial charge is 0.396 e. The Hall–Kier alpha value is -1.20. The molecule has 0 unspecified atom stereocenters. The smallest absolute Gasteiger partial charge is 0.144 e. The van der Waals surface area contributed by atoms with E-state index in [1.807, 2.05) is 13.0 Å². The molecule has 1 aliphatic carbocycles. The van der Waals surface area contributed by atoms with E-state index >= 15 is 0 Å². The summed E-state index contributed by atoms with van der Waals surface area (Å²) < 4.78 is 0. The summed E-state index contributed by atoms with van der Waals surface area (Å²) in [5.74, 6) is 1.81. The number of hydrogen-bond donors (Lipinski definition) is 2. The Morgan fingerprint density at radius 3 is 2.81 bits per heavy atom. The Kier molecular flexibility index (Phi) is 6.39. The molecular weight excluding hydrogens is 264 g/mol.